The fourth-order valence-corrected chi connectivity index (χ4v) is 2.61. The molecule has 0 unspecified atom stereocenters. The van der Waals surface area contributed by atoms with Crippen LogP contribution in [0.15, 0.2) is 5.38 Å². The number of carbonyl (C=O) groups excluding carboxylic acids is 1. The van der Waals surface area contributed by atoms with Gasteiger partial charge in [-0.25, -0.2) is 0 Å². The van der Waals surface area contributed by atoms with Crippen molar-refractivity contribution in [2.45, 2.75) is 47.1 Å². The lowest BCUT2D eigenvalue weighted by molar-refractivity contribution is -0.125. The number of amides is 1. The first kappa shape index (κ1) is 13.2. The maximum absolute atomic E-state index is 11.8. The number of hydrogen-bond acceptors (Lipinski definition) is 2. The van der Waals surface area contributed by atoms with Crippen molar-refractivity contribution >= 4 is 17.2 Å². The molecule has 0 saturated heterocycles. The van der Waals surface area contributed by atoms with E-state index < -0.39 is 0 Å². The molecule has 1 rings (SSSR count). The van der Waals surface area contributed by atoms with Crippen molar-refractivity contribution in [1.29, 1.82) is 0 Å². The second-order valence-electron chi connectivity index (χ2n) is 4.17. The number of aryl methyl sites for hydroxylation is 1. The van der Waals surface area contributed by atoms with E-state index in [-0.39, 0.29) is 11.8 Å². The SMILES string of the molecule is CCC(CC)C(=O)NCc1csc(C)c1C. The van der Waals surface area contributed by atoms with Gasteiger partial charge in [-0.3, -0.25) is 4.79 Å². The summed E-state index contributed by atoms with van der Waals surface area (Å²) in [4.78, 5) is 13.1. The third-order valence-electron chi connectivity index (χ3n) is 3.20. The Morgan fingerprint density at radius 1 is 1.38 bits per heavy atom. The number of carbonyl (C=O) groups is 1. The van der Waals surface area contributed by atoms with Crippen LogP contribution in [0, 0.1) is 19.8 Å². The first-order valence-corrected chi connectivity index (χ1v) is 6.79. The predicted molar refractivity (Wildman–Crippen MR) is 69.7 cm³/mol. The number of nitrogens with one attached hydrogen (secondary N) is 1. The standard InChI is InChI=1S/C13H21NOS/c1-5-11(6-2)13(15)14-7-12-8-16-10(4)9(12)3/h8,11H,5-7H2,1-4H3,(H,14,15). The van der Waals surface area contributed by atoms with Gasteiger partial charge < -0.3 is 5.32 Å². The number of hydrogen-bond donors (Lipinski definition) is 1. The molecule has 1 amide bonds. The Bertz CT molecular complexity index is 353. The zero-order valence-electron chi connectivity index (χ0n) is 10.6. The van der Waals surface area contributed by atoms with Gasteiger partial charge in [0.05, 0.1) is 0 Å². The molecule has 0 aliphatic heterocycles. The molecule has 0 bridgehead atoms. The van der Waals surface area contributed by atoms with Crippen LogP contribution in [0.2, 0.25) is 0 Å². The van der Waals surface area contributed by atoms with Gasteiger partial charge in [0.25, 0.3) is 0 Å². The molecule has 0 aliphatic carbocycles. The third kappa shape index (κ3) is 3.08. The predicted octanol–water partition coefficient (Wildman–Crippen LogP) is 3.42. The molecule has 1 aromatic heterocycles. The Morgan fingerprint density at radius 2 is 2.00 bits per heavy atom. The minimum absolute atomic E-state index is 0.167. The average Bonchev–Trinajstić information content (AvgIpc) is 2.59. The quantitative estimate of drug-likeness (QED) is 0.838. The van der Waals surface area contributed by atoms with E-state index in [1.807, 2.05) is 0 Å². The van der Waals surface area contributed by atoms with E-state index in [4.69, 9.17) is 0 Å². The molecule has 0 aliphatic rings. The summed E-state index contributed by atoms with van der Waals surface area (Å²) in [5.41, 5.74) is 2.57. The summed E-state index contributed by atoms with van der Waals surface area (Å²) in [5, 5.41) is 5.16. The van der Waals surface area contributed by atoms with E-state index in [1.54, 1.807) is 11.3 Å². The Morgan fingerprint density at radius 3 is 2.44 bits per heavy atom. The van der Waals surface area contributed by atoms with Crippen molar-refractivity contribution in [1.82, 2.24) is 5.32 Å². The van der Waals surface area contributed by atoms with Crippen molar-refractivity contribution in [3.63, 3.8) is 0 Å². The molecule has 0 fully saturated rings. The van der Waals surface area contributed by atoms with Gasteiger partial charge in [-0.2, -0.15) is 0 Å². The Kier molecular flexibility index (Phi) is 5.00. The fraction of sp³-hybridized carbons (Fsp3) is 0.615. The van der Waals surface area contributed by atoms with E-state index in [0.717, 1.165) is 12.8 Å². The zero-order valence-corrected chi connectivity index (χ0v) is 11.4. The molecule has 0 spiro atoms. The largest absolute Gasteiger partial charge is 0.352 e. The van der Waals surface area contributed by atoms with Crippen molar-refractivity contribution in [2.24, 2.45) is 5.92 Å². The Hall–Kier alpha value is -0.830. The topological polar surface area (TPSA) is 29.1 Å². The van der Waals surface area contributed by atoms with Crippen LogP contribution in [0.4, 0.5) is 0 Å². The van der Waals surface area contributed by atoms with E-state index in [0.29, 0.717) is 6.54 Å². The van der Waals surface area contributed by atoms with Crippen LogP contribution in [0.1, 0.15) is 42.7 Å². The molecule has 16 heavy (non-hydrogen) atoms. The molecular weight excluding hydrogens is 218 g/mol. The number of thiophene rings is 1. The molecule has 1 N–H and O–H groups in total. The van der Waals surface area contributed by atoms with E-state index in [2.05, 4.69) is 38.4 Å². The maximum atomic E-state index is 11.8. The molecular formula is C13H21NOS. The van der Waals surface area contributed by atoms with Gasteiger partial charge in [-0.15, -0.1) is 11.3 Å². The molecule has 90 valence electrons. The minimum atomic E-state index is 0.167. The van der Waals surface area contributed by atoms with Crippen LogP contribution in [-0.4, -0.2) is 5.91 Å². The summed E-state index contributed by atoms with van der Waals surface area (Å²) in [5.74, 6) is 0.355. The first-order chi connectivity index (χ1) is 7.60. The average molecular weight is 239 g/mol. The summed E-state index contributed by atoms with van der Waals surface area (Å²) >= 11 is 1.75. The Balaban J connectivity index is 2.52. The third-order valence-corrected chi connectivity index (χ3v) is 4.26. The van der Waals surface area contributed by atoms with Crippen LogP contribution in [0.5, 0.6) is 0 Å². The monoisotopic (exact) mass is 239 g/mol. The second kappa shape index (κ2) is 6.04. The minimum Gasteiger partial charge on any atom is -0.352 e. The van der Waals surface area contributed by atoms with Crippen LogP contribution in [0.25, 0.3) is 0 Å². The van der Waals surface area contributed by atoms with Gasteiger partial charge in [-0.05, 0) is 43.2 Å². The molecule has 0 saturated carbocycles. The molecule has 0 radical (unpaired) electrons. The lowest BCUT2D eigenvalue weighted by Gasteiger charge is -2.12. The van der Waals surface area contributed by atoms with Crippen molar-refractivity contribution in [3.05, 3.63) is 21.4 Å². The lowest BCUT2D eigenvalue weighted by atomic mass is 10.0. The highest BCUT2D eigenvalue weighted by atomic mass is 32.1. The van der Waals surface area contributed by atoms with Crippen LogP contribution in [0.3, 0.4) is 0 Å². The summed E-state index contributed by atoms with van der Waals surface area (Å²) < 4.78 is 0. The summed E-state index contributed by atoms with van der Waals surface area (Å²) in [6.07, 6.45) is 1.84. The maximum Gasteiger partial charge on any atom is 0.223 e. The van der Waals surface area contributed by atoms with E-state index in [9.17, 15) is 4.79 Å². The van der Waals surface area contributed by atoms with E-state index >= 15 is 0 Å². The lowest BCUT2D eigenvalue weighted by Crippen LogP contribution is -2.29. The highest BCUT2D eigenvalue weighted by Gasteiger charge is 2.14. The molecule has 1 aromatic rings. The molecule has 0 aromatic carbocycles. The molecule has 0 atom stereocenters. The summed E-state index contributed by atoms with van der Waals surface area (Å²) in [7, 11) is 0. The zero-order chi connectivity index (χ0) is 12.1. The molecule has 1 heterocycles. The molecule has 3 heteroatoms. The number of rotatable bonds is 5. The Labute approximate surface area is 102 Å². The van der Waals surface area contributed by atoms with Gasteiger partial charge in [0, 0.05) is 17.3 Å². The fourth-order valence-electron chi connectivity index (χ4n) is 1.72. The van der Waals surface area contributed by atoms with Crippen molar-refractivity contribution in [3.8, 4) is 0 Å². The first-order valence-electron chi connectivity index (χ1n) is 5.91. The smallest absolute Gasteiger partial charge is 0.223 e. The van der Waals surface area contributed by atoms with Gasteiger partial charge in [0.15, 0.2) is 0 Å². The second-order valence-corrected chi connectivity index (χ2v) is 5.26. The van der Waals surface area contributed by atoms with Crippen LogP contribution >= 0.6 is 11.3 Å². The van der Waals surface area contributed by atoms with Gasteiger partial charge >= 0.3 is 0 Å². The highest BCUT2D eigenvalue weighted by Crippen LogP contribution is 2.20. The van der Waals surface area contributed by atoms with Gasteiger partial charge in [0.1, 0.15) is 0 Å². The molecule has 2 nitrogen and oxygen atoms in total. The van der Waals surface area contributed by atoms with Crippen molar-refractivity contribution < 1.29 is 4.79 Å². The van der Waals surface area contributed by atoms with Crippen LogP contribution < -0.4 is 5.32 Å². The van der Waals surface area contributed by atoms with Gasteiger partial charge in [-0.1, -0.05) is 13.8 Å². The van der Waals surface area contributed by atoms with Crippen molar-refractivity contribution in [2.75, 3.05) is 0 Å². The normalized spacial score (nSPS) is 10.8. The van der Waals surface area contributed by atoms with E-state index in [1.165, 1.54) is 16.0 Å². The highest BCUT2D eigenvalue weighted by molar-refractivity contribution is 7.10. The van der Waals surface area contributed by atoms with Crippen LogP contribution in [-0.2, 0) is 11.3 Å². The van der Waals surface area contributed by atoms with Gasteiger partial charge in [0.2, 0.25) is 5.91 Å². The summed E-state index contributed by atoms with van der Waals surface area (Å²) in [6, 6.07) is 0. The summed E-state index contributed by atoms with van der Waals surface area (Å²) in [6.45, 7) is 9.03.